The van der Waals surface area contributed by atoms with Crippen LogP contribution in [0.4, 0.5) is 0 Å². The van der Waals surface area contributed by atoms with Crippen LogP contribution in [0.15, 0.2) is 18.2 Å². The van der Waals surface area contributed by atoms with Crippen molar-refractivity contribution in [1.82, 2.24) is 10.2 Å². The van der Waals surface area contributed by atoms with Crippen LogP contribution in [-0.2, 0) is 16.1 Å². The number of halogens is 2. The number of hydrogen-bond acceptors (Lipinski definition) is 2. The first-order valence-corrected chi connectivity index (χ1v) is 8.90. The highest BCUT2D eigenvalue weighted by atomic mass is 35.5. The lowest BCUT2D eigenvalue weighted by molar-refractivity contribution is -0.141. The molecule has 0 aliphatic heterocycles. The molecule has 0 aliphatic carbocycles. The molecule has 0 saturated carbocycles. The third-order valence-corrected chi connectivity index (χ3v) is 4.28. The standard InChI is InChI=1S/C18H26Cl2N2O2/c1-6-15(17(24)21-18(3,4)5)22(16(23)7-2)11-12-13(19)9-8-10-14(12)20/h8-10,15H,6-7,11H2,1-5H3,(H,21,24)/t15-/m1/s1. The highest BCUT2D eigenvalue weighted by molar-refractivity contribution is 6.36. The van der Waals surface area contributed by atoms with Gasteiger partial charge < -0.3 is 10.2 Å². The van der Waals surface area contributed by atoms with Crippen LogP contribution in [0.1, 0.15) is 53.0 Å². The molecule has 1 N–H and O–H groups in total. The zero-order valence-electron chi connectivity index (χ0n) is 15.0. The number of rotatable bonds is 6. The van der Waals surface area contributed by atoms with E-state index in [2.05, 4.69) is 5.32 Å². The molecule has 134 valence electrons. The van der Waals surface area contributed by atoms with Gasteiger partial charge in [-0.25, -0.2) is 0 Å². The van der Waals surface area contributed by atoms with Gasteiger partial charge in [-0.05, 0) is 39.3 Å². The number of nitrogens with zero attached hydrogens (tertiary/aromatic N) is 1. The second-order valence-corrected chi connectivity index (χ2v) is 7.55. The van der Waals surface area contributed by atoms with Crippen molar-refractivity contribution in [3.63, 3.8) is 0 Å². The maximum Gasteiger partial charge on any atom is 0.243 e. The van der Waals surface area contributed by atoms with Crippen LogP contribution in [0.3, 0.4) is 0 Å². The smallest absolute Gasteiger partial charge is 0.243 e. The van der Waals surface area contributed by atoms with E-state index in [-0.39, 0.29) is 23.9 Å². The van der Waals surface area contributed by atoms with Gasteiger partial charge >= 0.3 is 0 Å². The molecule has 4 nitrogen and oxygen atoms in total. The summed E-state index contributed by atoms with van der Waals surface area (Å²) in [4.78, 5) is 26.7. The molecular formula is C18H26Cl2N2O2. The summed E-state index contributed by atoms with van der Waals surface area (Å²) in [5.41, 5.74) is 0.289. The normalized spacial score (nSPS) is 12.6. The van der Waals surface area contributed by atoms with Gasteiger partial charge in [-0.2, -0.15) is 0 Å². The molecule has 0 fully saturated rings. The molecule has 0 spiro atoms. The molecule has 6 heteroatoms. The quantitative estimate of drug-likeness (QED) is 0.802. The number of nitrogens with one attached hydrogen (secondary N) is 1. The Morgan fingerprint density at radius 2 is 1.71 bits per heavy atom. The van der Waals surface area contributed by atoms with Crippen LogP contribution in [0.2, 0.25) is 10.0 Å². The Morgan fingerprint density at radius 1 is 1.17 bits per heavy atom. The average Bonchev–Trinajstić information content (AvgIpc) is 2.47. The molecule has 0 unspecified atom stereocenters. The molecule has 1 aromatic carbocycles. The third-order valence-electron chi connectivity index (χ3n) is 3.58. The van der Waals surface area contributed by atoms with Crippen molar-refractivity contribution in [2.75, 3.05) is 0 Å². The van der Waals surface area contributed by atoms with Gasteiger partial charge in [-0.3, -0.25) is 9.59 Å². The molecule has 2 amide bonds. The van der Waals surface area contributed by atoms with E-state index in [1.165, 1.54) is 0 Å². The largest absolute Gasteiger partial charge is 0.350 e. The molecule has 0 heterocycles. The Bertz CT molecular complexity index is 577. The zero-order chi connectivity index (χ0) is 18.5. The minimum Gasteiger partial charge on any atom is -0.350 e. The summed E-state index contributed by atoms with van der Waals surface area (Å²) in [5, 5.41) is 3.92. The van der Waals surface area contributed by atoms with Crippen molar-refractivity contribution in [2.24, 2.45) is 0 Å². The topological polar surface area (TPSA) is 49.4 Å². The van der Waals surface area contributed by atoms with E-state index in [0.717, 1.165) is 0 Å². The van der Waals surface area contributed by atoms with Crippen molar-refractivity contribution in [3.05, 3.63) is 33.8 Å². The Labute approximate surface area is 154 Å². The fourth-order valence-corrected chi connectivity index (χ4v) is 2.95. The van der Waals surface area contributed by atoms with Crippen LogP contribution >= 0.6 is 23.2 Å². The fourth-order valence-electron chi connectivity index (χ4n) is 2.43. The van der Waals surface area contributed by atoms with E-state index in [1.54, 1.807) is 30.0 Å². The van der Waals surface area contributed by atoms with Gasteiger partial charge in [0.2, 0.25) is 11.8 Å². The summed E-state index contributed by atoms with van der Waals surface area (Å²) in [5.74, 6) is -0.281. The van der Waals surface area contributed by atoms with Crippen LogP contribution in [-0.4, -0.2) is 28.3 Å². The molecule has 0 bridgehead atoms. The Kier molecular flexibility index (Phi) is 7.56. The van der Waals surface area contributed by atoms with E-state index in [0.29, 0.717) is 28.5 Å². The molecule has 0 aliphatic rings. The lowest BCUT2D eigenvalue weighted by Gasteiger charge is -2.33. The van der Waals surface area contributed by atoms with E-state index >= 15 is 0 Å². The fraction of sp³-hybridized carbons (Fsp3) is 0.556. The zero-order valence-corrected chi connectivity index (χ0v) is 16.5. The first-order chi connectivity index (χ1) is 11.1. The summed E-state index contributed by atoms with van der Waals surface area (Å²) in [6, 6.07) is 4.65. The van der Waals surface area contributed by atoms with Crippen LogP contribution in [0, 0.1) is 0 Å². The van der Waals surface area contributed by atoms with Crippen LogP contribution < -0.4 is 5.32 Å². The monoisotopic (exact) mass is 372 g/mol. The molecule has 0 radical (unpaired) electrons. The molecule has 0 aromatic heterocycles. The number of carbonyl (C=O) groups excluding carboxylic acids is 2. The van der Waals surface area contributed by atoms with E-state index in [1.807, 2.05) is 27.7 Å². The molecule has 0 saturated heterocycles. The SMILES string of the molecule is CCC(=O)N(Cc1c(Cl)cccc1Cl)[C@H](CC)C(=O)NC(C)(C)C. The van der Waals surface area contributed by atoms with Crippen LogP contribution in [0.5, 0.6) is 0 Å². The van der Waals surface area contributed by atoms with Crippen LogP contribution in [0.25, 0.3) is 0 Å². The Hall–Kier alpha value is -1.26. The Morgan fingerprint density at radius 3 is 2.12 bits per heavy atom. The highest BCUT2D eigenvalue weighted by Crippen LogP contribution is 2.27. The van der Waals surface area contributed by atoms with Gasteiger partial charge in [0, 0.05) is 34.1 Å². The second kappa shape index (κ2) is 8.72. The van der Waals surface area contributed by atoms with Gasteiger partial charge in [0.25, 0.3) is 0 Å². The summed E-state index contributed by atoms with van der Waals surface area (Å²) >= 11 is 12.5. The number of carbonyl (C=O) groups is 2. The minimum atomic E-state index is -0.566. The van der Waals surface area contributed by atoms with Gasteiger partial charge in [0.15, 0.2) is 0 Å². The predicted molar refractivity (Wildman–Crippen MR) is 99.3 cm³/mol. The van der Waals surface area contributed by atoms with Crippen molar-refractivity contribution in [1.29, 1.82) is 0 Å². The summed E-state index contributed by atoms with van der Waals surface area (Å²) in [6.07, 6.45) is 0.817. The molecular weight excluding hydrogens is 347 g/mol. The third kappa shape index (κ3) is 5.67. The number of benzene rings is 1. The van der Waals surface area contributed by atoms with Crippen molar-refractivity contribution >= 4 is 35.0 Å². The molecule has 1 atom stereocenters. The van der Waals surface area contributed by atoms with E-state index in [4.69, 9.17) is 23.2 Å². The van der Waals surface area contributed by atoms with Crippen molar-refractivity contribution in [3.8, 4) is 0 Å². The number of amides is 2. The first kappa shape index (κ1) is 20.8. The van der Waals surface area contributed by atoms with Gasteiger partial charge in [-0.15, -0.1) is 0 Å². The predicted octanol–water partition coefficient (Wildman–Crippen LogP) is 4.43. The second-order valence-electron chi connectivity index (χ2n) is 6.74. The summed E-state index contributed by atoms with van der Waals surface area (Å²) in [6.45, 7) is 9.60. The summed E-state index contributed by atoms with van der Waals surface area (Å²) in [7, 11) is 0. The van der Waals surface area contributed by atoms with Gasteiger partial charge in [0.1, 0.15) is 6.04 Å². The average molecular weight is 373 g/mol. The molecule has 1 rings (SSSR count). The molecule has 1 aromatic rings. The lowest BCUT2D eigenvalue weighted by atomic mass is 10.1. The number of hydrogen-bond donors (Lipinski definition) is 1. The maximum atomic E-state index is 12.6. The van der Waals surface area contributed by atoms with Crippen molar-refractivity contribution in [2.45, 2.75) is 65.6 Å². The Balaban J connectivity index is 3.15. The summed E-state index contributed by atoms with van der Waals surface area (Å²) < 4.78 is 0. The minimum absolute atomic E-state index is 0.109. The van der Waals surface area contributed by atoms with Crippen molar-refractivity contribution < 1.29 is 9.59 Å². The first-order valence-electron chi connectivity index (χ1n) is 8.15. The molecule has 24 heavy (non-hydrogen) atoms. The van der Waals surface area contributed by atoms with E-state index < -0.39 is 6.04 Å². The maximum absolute atomic E-state index is 12.6. The lowest BCUT2D eigenvalue weighted by Crippen LogP contribution is -2.53. The van der Waals surface area contributed by atoms with Gasteiger partial charge in [-0.1, -0.05) is 43.1 Å². The van der Waals surface area contributed by atoms with Gasteiger partial charge in [0.05, 0.1) is 0 Å². The highest BCUT2D eigenvalue weighted by Gasteiger charge is 2.30. The van der Waals surface area contributed by atoms with E-state index in [9.17, 15) is 9.59 Å².